The van der Waals surface area contributed by atoms with E-state index in [1.54, 1.807) is 28.7 Å². The van der Waals surface area contributed by atoms with Gasteiger partial charge in [0.15, 0.2) is 10.8 Å². The molecule has 1 amide bonds. The van der Waals surface area contributed by atoms with Gasteiger partial charge in [0.25, 0.3) is 5.91 Å². The number of halogens is 1. The summed E-state index contributed by atoms with van der Waals surface area (Å²) < 4.78 is 3.43. The second-order valence-electron chi connectivity index (χ2n) is 7.31. The highest BCUT2D eigenvalue weighted by Crippen LogP contribution is 2.21. The molecule has 11 heteroatoms. The van der Waals surface area contributed by atoms with E-state index in [9.17, 15) is 4.79 Å². The van der Waals surface area contributed by atoms with Crippen LogP contribution in [0.15, 0.2) is 42.7 Å². The number of amides is 1. The third-order valence-electron chi connectivity index (χ3n) is 4.78. The Morgan fingerprint density at radius 1 is 1.19 bits per heavy atom. The average molecular weight is 469 g/mol. The van der Waals surface area contributed by atoms with Crippen LogP contribution in [0.5, 0.6) is 0 Å². The van der Waals surface area contributed by atoms with Crippen molar-refractivity contribution in [3.63, 3.8) is 0 Å². The van der Waals surface area contributed by atoms with Gasteiger partial charge in [0.05, 0.1) is 35.1 Å². The Morgan fingerprint density at radius 2 is 1.94 bits per heavy atom. The van der Waals surface area contributed by atoms with Gasteiger partial charge in [-0.15, -0.1) is 0 Å². The highest BCUT2D eigenvalue weighted by molar-refractivity contribution is 7.80. The lowest BCUT2D eigenvalue weighted by Crippen LogP contribution is -2.43. The summed E-state index contributed by atoms with van der Waals surface area (Å²) in [6.07, 6.45) is 3.47. The van der Waals surface area contributed by atoms with Crippen LogP contribution in [0.25, 0.3) is 11.0 Å². The first kappa shape index (κ1) is 21.7. The molecule has 164 valence electrons. The maximum absolute atomic E-state index is 12.8. The summed E-state index contributed by atoms with van der Waals surface area (Å²) in [5.41, 5.74) is 9.70. The number of benzene rings is 1. The van der Waals surface area contributed by atoms with Gasteiger partial charge in [-0.2, -0.15) is 10.2 Å². The van der Waals surface area contributed by atoms with Crippen molar-refractivity contribution in [3.8, 4) is 0 Å². The fourth-order valence-electron chi connectivity index (χ4n) is 3.38. The summed E-state index contributed by atoms with van der Waals surface area (Å²) in [6, 6.07) is 9.30. The van der Waals surface area contributed by atoms with E-state index >= 15 is 0 Å². The van der Waals surface area contributed by atoms with Gasteiger partial charge in [-0.1, -0.05) is 23.7 Å². The Bertz CT molecular complexity index is 1310. The second-order valence-corrected chi connectivity index (χ2v) is 8.15. The van der Waals surface area contributed by atoms with E-state index in [0.717, 1.165) is 17.0 Å². The van der Waals surface area contributed by atoms with Crippen molar-refractivity contribution in [1.29, 1.82) is 0 Å². The quantitative estimate of drug-likeness (QED) is 0.312. The molecule has 3 aromatic heterocycles. The van der Waals surface area contributed by atoms with Crippen LogP contribution in [0.4, 0.5) is 5.69 Å². The number of hydrogen-bond acceptors (Lipinski definition) is 5. The molecule has 0 saturated carbocycles. The first-order chi connectivity index (χ1) is 15.3. The monoisotopic (exact) mass is 468 g/mol. The van der Waals surface area contributed by atoms with Crippen LogP contribution in [0.2, 0.25) is 5.02 Å². The number of pyridine rings is 1. The van der Waals surface area contributed by atoms with Crippen molar-refractivity contribution in [3.05, 3.63) is 70.3 Å². The lowest BCUT2D eigenvalue weighted by molar-refractivity contribution is 0.0945. The summed E-state index contributed by atoms with van der Waals surface area (Å²) in [5, 5.41) is 13.3. The standard InChI is InChI=1S/C21H21ClN8OS/c1-12-8-17(18-13(2)28-29(3)19(18)24-12)20(31)26-27-21(32)25-16-9-23-30(11-16)10-14-4-6-15(22)7-5-14/h4-9,11H,10H2,1-3H3,(H,26,31)(H2,25,27,32). The molecule has 0 fully saturated rings. The van der Waals surface area contributed by atoms with Gasteiger partial charge in [0.2, 0.25) is 0 Å². The molecule has 0 unspecified atom stereocenters. The number of carbonyl (C=O) groups excluding carboxylic acids is 1. The molecule has 0 spiro atoms. The zero-order valence-electron chi connectivity index (χ0n) is 17.7. The van der Waals surface area contributed by atoms with E-state index in [2.05, 4.69) is 31.3 Å². The number of thiocarbonyl (C=S) groups is 1. The van der Waals surface area contributed by atoms with Crippen molar-refractivity contribution in [2.45, 2.75) is 20.4 Å². The SMILES string of the molecule is Cc1cc(C(=O)NNC(=S)Nc2cnn(Cc3ccc(Cl)cc3)c2)c2c(C)nn(C)c2n1. The van der Waals surface area contributed by atoms with Crippen molar-refractivity contribution in [1.82, 2.24) is 35.4 Å². The summed E-state index contributed by atoms with van der Waals surface area (Å²) in [4.78, 5) is 17.3. The molecule has 0 saturated heterocycles. The second kappa shape index (κ2) is 8.93. The molecule has 0 atom stereocenters. The lowest BCUT2D eigenvalue weighted by Gasteiger charge is -2.11. The van der Waals surface area contributed by atoms with Crippen LogP contribution < -0.4 is 16.2 Å². The van der Waals surface area contributed by atoms with Crippen molar-refractivity contribution >= 4 is 51.6 Å². The Hall–Kier alpha value is -3.50. The van der Waals surface area contributed by atoms with Gasteiger partial charge in [-0.3, -0.25) is 25.0 Å². The third kappa shape index (κ3) is 4.71. The summed E-state index contributed by atoms with van der Waals surface area (Å²) in [7, 11) is 1.80. The minimum Gasteiger partial charge on any atom is -0.329 e. The Morgan fingerprint density at radius 3 is 2.69 bits per heavy atom. The van der Waals surface area contributed by atoms with Crippen LogP contribution in [-0.2, 0) is 13.6 Å². The molecule has 9 nitrogen and oxygen atoms in total. The predicted molar refractivity (Wildman–Crippen MR) is 128 cm³/mol. The van der Waals surface area contributed by atoms with Gasteiger partial charge in [0, 0.05) is 24.0 Å². The largest absolute Gasteiger partial charge is 0.329 e. The first-order valence-electron chi connectivity index (χ1n) is 9.75. The van der Waals surface area contributed by atoms with Crippen molar-refractivity contribution in [2.75, 3.05) is 5.32 Å². The normalized spacial score (nSPS) is 10.9. The number of rotatable bonds is 4. The molecular weight excluding hydrogens is 448 g/mol. The number of anilines is 1. The van der Waals surface area contributed by atoms with Crippen molar-refractivity contribution in [2.24, 2.45) is 7.05 Å². The van der Waals surface area contributed by atoms with E-state index in [4.69, 9.17) is 23.8 Å². The number of aryl methyl sites for hydroxylation is 3. The number of nitrogens with zero attached hydrogens (tertiary/aromatic N) is 5. The molecular formula is C21H21ClN8OS. The molecule has 4 rings (SSSR count). The van der Waals surface area contributed by atoms with Gasteiger partial charge in [-0.25, -0.2) is 4.98 Å². The summed E-state index contributed by atoms with van der Waals surface area (Å²) >= 11 is 11.2. The zero-order valence-corrected chi connectivity index (χ0v) is 19.3. The van der Waals surface area contributed by atoms with Crippen LogP contribution in [0, 0.1) is 13.8 Å². The molecule has 0 aliphatic carbocycles. The van der Waals surface area contributed by atoms with Gasteiger partial charge >= 0.3 is 0 Å². The van der Waals surface area contributed by atoms with Crippen LogP contribution in [0.1, 0.15) is 27.3 Å². The maximum atomic E-state index is 12.8. The fraction of sp³-hybridized carbons (Fsp3) is 0.190. The Labute approximate surface area is 194 Å². The van der Waals surface area contributed by atoms with E-state index in [0.29, 0.717) is 33.9 Å². The molecule has 4 aromatic rings. The average Bonchev–Trinajstić information content (AvgIpc) is 3.30. The zero-order chi connectivity index (χ0) is 22.8. The molecule has 32 heavy (non-hydrogen) atoms. The topological polar surface area (TPSA) is 102 Å². The lowest BCUT2D eigenvalue weighted by atomic mass is 10.1. The van der Waals surface area contributed by atoms with E-state index in [1.165, 1.54) is 0 Å². The number of hydrazine groups is 1. The minimum atomic E-state index is -0.334. The molecule has 0 aliphatic heterocycles. The third-order valence-corrected chi connectivity index (χ3v) is 5.24. The molecule has 0 radical (unpaired) electrons. The summed E-state index contributed by atoms with van der Waals surface area (Å²) in [6.45, 7) is 4.27. The number of carbonyl (C=O) groups is 1. The van der Waals surface area contributed by atoms with Crippen LogP contribution >= 0.6 is 23.8 Å². The molecule has 3 heterocycles. The van der Waals surface area contributed by atoms with E-state index in [1.807, 2.05) is 44.3 Å². The number of nitrogens with one attached hydrogen (secondary N) is 3. The number of fused-ring (bicyclic) bond motifs is 1. The number of hydrogen-bond donors (Lipinski definition) is 3. The van der Waals surface area contributed by atoms with Gasteiger partial charge in [-0.05, 0) is 49.8 Å². The Kier molecular flexibility index (Phi) is 6.06. The van der Waals surface area contributed by atoms with Crippen molar-refractivity contribution < 1.29 is 4.79 Å². The Balaban J connectivity index is 1.37. The molecule has 0 bridgehead atoms. The highest BCUT2D eigenvalue weighted by atomic mass is 35.5. The molecule has 3 N–H and O–H groups in total. The molecule has 1 aromatic carbocycles. The first-order valence-corrected chi connectivity index (χ1v) is 10.5. The van der Waals surface area contributed by atoms with E-state index in [-0.39, 0.29) is 11.0 Å². The minimum absolute atomic E-state index is 0.231. The van der Waals surface area contributed by atoms with Crippen LogP contribution in [-0.4, -0.2) is 35.6 Å². The van der Waals surface area contributed by atoms with Gasteiger partial charge < -0.3 is 5.32 Å². The highest BCUT2D eigenvalue weighted by Gasteiger charge is 2.18. The fourth-order valence-corrected chi connectivity index (χ4v) is 3.68. The van der Waals surface area contributed by atoms with Gasteiger partial charge in [0.1, 0.15) is 0 Å². The number of aromatic nitrogens is 5. The predicted octanol–water partition coefficient (Wildman–Crippen LogP) is 3.11. The maximum Gasteiger partial charge on any atom is 0.270 e. The van der Waals surface area contributed by atoms with Crippen LogP contribution in [0.3, 0.4) is 0 Å². The molecule has 0 aliphatic rings. The van der Waals surface area contributed by atoms with E-state index < -0.39 is 0 Å². The summed E-state index contributed by atoms with van der Waals surface area (Å²) in [5.74, 6) is -0.334. The smallest absolute Gasteiger partial charge is 0.270 e.